The second-order valence-corrected chi connectivity index (χ2v) is 5.84. The number of nitrogens with zero attached hydrogens (tertiary/aromatic N) is 1. The highest BCUT2D eigenvalue weighted by Crippen LogP contribution is 2.17. The first-order valence-corrected chi connectivity index (χ1v) is 7.49. The lowest BCUT2D eigenvalue weighted by molar-refractivity contribution is 0.0706. The number of halogens is 2. The molecule has 110 valence electrons. The lowest BCUT2D eigenvalue weighted by Gasteiger charge is -2.25. The molecule has 0 radical (unpaired) electrons. The molecule has 1 saturated heterocycles. The molecule has 1 atom stereocenters. The first kappa shape index (κ1) is 15.4. The van der Waals surface area contributed by atoms with Gasteiger partial charge >= 0.3 is 0 Å². The highest BCUT2D eigenvalue weighted by atomic mass is 79.9. The monoisotopic (exact) mass is 344 g/mol. The van der Waals surface area contributed by atoms with Crippen molar-refractivity contribution in [2.75, 3.05) is 26.2 Å². The summed E-state index contributed by atoms with van der Waals surface area (Å²) in [7, 11) is 0. The Balaban J connectivity index is 2.12. The maximum atomic E-state index is 13.4. The van der Waals surface area contributed by atoms with Gasteiger partial charge in [0, 0.05) is 29.2 Å². The molecule has 0 aromatic heterocycles. The average molecular weight is 345 g/mol. The third-order valence-corrected chi connectivity index (χ3v) is 3.83. The van der Waals surface area contributed by atoms with Crippen molar-refractivity contribution < 1.29 is 14.3 Å². The molecule has 1 aliphatic rings. The Bertz CT molecular complexity index is 458. The lowest BCUT2D eigenvalue weighted by Crippen LogP contribution is -2.42. The lowest BCUT2D eigenvalue weighted by atomic mass is 10.1. The molecule has 0 bridgehead atoms. The van der Waals surface area contributed by atoms with E-state index in [-0.39, 0.29) is 25.1 Å². The summed E-state index contributed by atoms with van der Waals surface area (Å²) in [6.45, 7) is 1.64. The van der Waals surface area contributed by atoms with Crippen LogP contribution in [-0.4, -0.2) is 48.2 Å². The molecule has 1 fully saturated rings. The predicted octanol–water partition coefficient (Wildman–Crippen LogP) is 1.77. The first-order valence-electron chi connectivity index (χ1n) is 6.70. The molecule has 1 amide bonds. The molecule has 4 nitrogen and oxygen atoms in total. The largest absolute Gasteiger partial charge is 0.395 e. The summed E-state index contributed by atoms with van der Waals surface area (Å²) in [5.74, 6) is -0.710. The maximum absolute atomic E-state index is 13.4. The van der Waals surface area contributed by atoms with Crippen molar-refractivity contribution in [3.8, 4) is 0 Å². The predicted molar refractivity (Wildman–Crippen MR) is 78.1 cm³/mol. The fourth-order valence-electron chi connectivity index (χ4n) is 2.43. The van der Waals surface area contributed by atoms with Gasteiger partial charge in [0.2, 0.25) is 0 Å². The van der Waals surface area contributed by atoms with E-state index in [1.165, 1.54) is 12.1 Å². The van der Waals surface area contributed by atoms with Gasteiger partial charge in [-0.25, -0.2) is 4.39 Å². The summed E-state index contributed by atoms with van der Waals surface area (Å²) in [5.41, 5.74) is 0.295. The second kappa shape index (κ2) is 7.15. The van der Waals surface area contributed by atoms with Gasteiger partial charge in [-0.2, -0.15) is 0 Å². The highest BCUT2D eigenvalue weighted by molar-refractivity contribution is 9.10. The molecular formula is C14H18BrFN2O2. The fourth-order valence-corrected chi connectivity index (χ4v) is 2.90. The van der Waals surface area contributed by atoms with Crippen molar-refractivity contribution in [1.29, 1.82) is 0 Å². The van der Waals surface area contributed by atoms with E-state index in [0.717, 1.165) is 19.4 Å². The van der Waals surface area contributed by atoms with E-state index in [2.05, 4.69) is 21.2 Å². The van der Waals surface area contributed by atoms with E-state index in [0.29, 0.717) is 16.6 Å². The molecule has 20 heavy (non-hydrogen) atoms. The Morgan fingerprint density at radius 2 is 2.30 bits per heavy atom. The molecule has 1 aromatic rings. The molecule has 1 aliphatic heterocycles. The summed E-state index contributed by atoms with van der Waals surface area (Å²) in [4.78, 5) is 14.0. The molecule has 0 spiro atoms. The average Bonchev–Trinajstić information content (AvgIpc) is 2.89. The van der Waals surface area contributed by atoms with E-state index in [9.17, 15) is 9.18 Å². The van der Waals surface area contributed by atoms with Crippen LogP contribution >= 0.6 is 15.9 Å². The zero-order valence-corrected chi connectivity index (χ0v) is 12.7. The van der Waals surface area contributed by atoms with Gasteiger partial charge in [0.05, 0.1) is 6.61 Å². The van der Waals surface area contributed by atoms with Gasteiger partial charge < -0.3 is 15.3 Å². The van der Waals surface area contributed by atoms with Gasteiger partial charge in [0.15, 0.2) is 0 Å². The van der Waals surface area contributed by atoms with Crippen LogP contribution in [0, 0.1) is 5.82 Å². The van der Waals surface area contributed by atoms with Gasteiger partial charge in [0.1, 0.15) is 5.82 Å². The Morgan fingerprint density at radius 1 is 1.50 bits per heavy atom. The topological polar surface area (TPSA) is 52.6 Å². The number of benzene rings is 1. The molecule has 0 aliphatic carbocycles. The van der Waals surface area contributed by atoms with E-state index < -0.39 is 5.82 Å². The van der Waals surface area contributed by atoms with Gasteiger partial charge in [-0.3, -0.25) is 4.79 Å². The summed E-state index contributed by atoms with van der Waals surface area (Å²) < 4.78 is 13.9. The van der Waals surface area contributed by atoms with E-state index in [1.54, 1.807) is 11.0 Å². The second-order valence-electron chi connectivity index (χ2n) is 4.93. The summed E-state index contributed by atoms with van der Waals surface area (Å²) in [6, 6.07) is 4.38. The van der Waals surface area contributed by atoms with Crippen LogP contribution in [0.2, 0.25) is 0 Å². The third-order valence-electron chi connectivity index (χ3n) is 3.37. The molecule has 6 heteroatoms. The van der Waals surface area contributed by atoms with Crippen molar-refractivity contribution >= 4 is 21.8 Å². The van der Waals surface area contributed by atoms with Crippen LogP contribution in [0.3, 0.4) is 0 Å². The first-order chi connectivity index (χ1) is 9.60. The molecule has 2 rings (SSSR count). The number of hydrogen-bond donors (Lipinski definition) is 2. The number of carbonyl (C=O) groups is 1. The van der Waals surface area contributed by atoms with Crippen molar-refractivity contribution in [2.45, 2.75) is 18.9 Å². The van der Waals surface area contributed by atoms with Crippen molar-refractivity contribution in [3.05, 3.63) is 34.1 Å². The minimum atomic E-state index is -0.453. The van der Waals surface area contributed by atoms with Crippen molar-refractivity contribution in [1.82, 2.24) is 10.2 Å². The van der Waals surface area contributed by atoms with Gasteiger partial charge in [0.25, 0.3) is 5.91 Å². The number of amides is 1. The van der Waals surface area contributed by atoms with Crippen molar-refractivity contribution in [2.24, 2.45) is 0 Å². The third kappa shape index (κ3) is 4.01. The molecule has 1 aromatic carbocycles. The van der Waals surface area contributed by atoms with Gasteiger partial charge in [-0.15, -0.1) is 0 Å². The SMILES string of the molecule is O=C(c1cc(F)cc(Br)c1)N(CCO)CC1CCCN1. The number of rotatable bonds is 5. The summed E-state index contributed by atoms with van der Waals surface area (Å²) >= 11 is 3.19. The van der Waals surface area contributed by atoms with Crippen LogP contribution in [0.25, 0.3) is 0 Å². The normalized spacial score (nSPS) is 18.2. The maximum Gasteiger partial charge on any atom is 0.254 e. The van der Waals surface area contributed by atoms with Crippen molar-refractivity contribution in [3.63, 3.8) is 0 Å². The molecular weight excluding hydrogens is 327 g/mol. The van der Waals surface area contributed by atoms with Crippen LogP contribution in [0.15, 0.2) is 22.7 Å². The molecule has 1 unspecified atom stereocenters. The molecule has 0 saturated carbocycles. The van der Waals surface area contributed by atoms with E-state index in [1.807, 2.05) is 0 Å². The Hall–Kier alpha value is -0.980. The number of carbonyl (C=O) groups excluding carboxylic acids is 1. The summed E-state index contributed by atoms with van der Waals surface area (Å²) in [6.07, 6.45) is 2.11. The number of aliphatic hydroxyl groups excluding tert-OH is 1. The zero-order valence-electron chi connectivity index (χ0n) is 11.1. The number of hydrogen-bond acceptors (Lipinski definition) is 3. The zero-order chi connectivity index (χ0) is 14.5. The smallest absolute Gasteiger partial charge is 0.254 e. The van der Waals surface area contributed by atoms with Crippen LogP contribution < -0.4 is 5.32 Å². The van der Waals surface area contributed by atoms with Gasteiger partial charge in [-0.05, 0) is 37.6 Å². The fraction of sp³-hybridized carbons (Fsp3) is 0.500. The molecule has 1 heterocycles. The molecule has 2 N–H and O–H groups in total. The quantitative estimate of drug-likeness (QED) is 0.855. The van der Waals surface area contributed by atoms with E-state index in [4.69, 9.17) is 5.11 Å². The highest BCUT2D eigenvalue weighted by Gasteiger charge is 2.22. The summed E-state index contributed by atoms with van der Waals surface area (Å²) in [5, 5.41) is 12.4. The Labute approximate surface area is 126 Å². The van der Waals surface area contributed by atoms with Crippen LogP contribution in [0.1, 0.15) is 23.2 Å². The number of aliphatic hydroxyl groups is 1. The minimum Gasteiger partial charge on any atom is -0.395 e. The number of nitrogens with one attached hydrogen (secondary N) is 1. The standard InChI is InChI=1S/C14H18BrFN2O2/c15-11-6-10(7-12(16)8-11)14(20)18(4-5-19)9-13-2-1-3-17-13/h6-8,13,17,19H,1-5,9H2. The van der Waals surface area contributed by atoms with Crippen LogP contribution in [-0.2, 0) is 0 Å². The minimum absolute atomic E-state index is 0.102. The van der Waals surface area contributed by atoms with Crippen LogP contribution in [0.5, 0.6) is 0 Å². The Morgan fingerprint density at radius 3 is 2.90 bits per heavy atom. The Kier molecular flexibility index (Phi) is 5.51. The van der Waals surface area contributed by atoms with Crippen LogP contribution in [0.4, 0.5) is 4.39 Å². The van der Waals surface area contributed by atoms with E-state index >= 15 is 0 Å². The van der Waals surface area contributed by atoms with Gasteiger partial charge in [-0.1, -0.05) is 15.9 Å².